The number of aromatic carboxylic acids is 1. The molecule has 0 bridgehead atoms. The standard InChI is InChI=1S/C28H28F2N4O9/c1-31-14-42-25-22-17(24(36)18(26(37)38)11-34(22)31)9-20(30)23(25)32-6-4-28(40,5-7-32)13-41-21-3-2-15(8-19(21)29)33-10-16(12-35)43-27(33)39/h2-3,8-9,11,16,35,40H,4-7,10,12-14H2,1H3,(H,37,38)/t16-/m1/s1. The van der Waals surface area contributed by atoms with Crippen LogP contribution in [0.1, 0.15) is 23.2 Å². The summed E-state index contributed by atoms with van der Waals surface area (Å²) in [6, 6.07) is 4.91. The quantitative estimate of drug-likeness (QED) is 0.362. The van der Waals surface area contributed by atoms with E-state index in [2.05, 4.69) is 0 Å². The van der Waals surface area contributed by atoms with Gasteiger partial charge in [0.1, 0.15) is 35.1 Å². The Morgan fingerprint density at radius 2 is 1.91 bits per heavy atom. The molecule has 13 nitrogen and oxygen atoms in total. The number of anilines is 2. The second-order valence-electron chi connectivity index (χ2n) is 10.8. The molecule has 2 fully saturated rings. The van der Waals surface area contributed by atoms with E-state index in [9.17, 15) is 34.1 Å². The fourth-order valence-corrected chi connectivity index (χ4v) is 5.58. The van der Waals surface area contributed by atoms with Crippen molar-refractivity contribution in [3.8, 4) is 11.5 Å². The Hall–Kier alpha value is -4.63. The number of piperidine rings is 1. The lowest BCUT2D eigenvalue weighted by Crippen LogP contribution is -2.48. The minimum atomic E-state index is -1.43. The maximum Gasteiger partial charge on any atom is 0.414 e. The highest BCUT2D eigenvalue weighted by Gasteiger charge is 2.37. The van der Waals surface area contributed by atoms with Gasteiger partial charge >= 0.3 is 12.1 Å². The number of ether oxygens (including phenoxy) is 3. The van der Waals surface area contributed by atoms with Gasteiger partial charge in [0.15, 0.2) is 29.9 Å². The van der Waals surface area contributed by atoms with Crippen LogP contribution in [0.3, 0.4) is 0 Å². The van der Waals surface area contributed by atoms with Crippen molar-refractivity contribution in [1.82, 2.24) is 4.68 Å². The molecule has 0 unspecified atom stereocenters. The van der Waals surface area contributed by atoms with Crippen LogP contribution in [0.25, 0.3) is 10.9 Å². The van der Waals surface area contributed by atoms with Gasteiger partial charge in [-0.15, -0.1) is 0 Å². The first-order valence-electron chi connectivity index (χ1n) is 13.5. The zero-order valence-electron chi connectivity index (χ0n) is 23.0. The Kier molecular flexibility index (Phi) is 7.01. The molecule has 0 saturated carbocycles. The number of pyridine rings is 1. The SMILES string of the molecule is CN1COc2c(N3CCC(O)(COc4ccc(N5C[C@H](CO)OC5=O)cc4F)CC3)c(F)cc3c(=O)c(C(=O)O)cn1c23. The van der Waals surface area contributed by atoms with Crippen molar-refractivity contribution in [3.63, 3.8) is 0 Å². The normalized spacial score (nSPS) is 19.4. The molecule has 0 radical (unpaired) electrons. The minimum Gasteiger partial charge on any atom is -0.488 e. The number of rotatable bonds is 7. The number of carboxylic acids is 1. The predicted octanol–water partition coefficient (Wildman–Crippen LogP) is 1.62. The average Bonchev–Trinajstić information content (AvgIpc) is 3.36. The maximum atomic E-state index is 15.5. The van der Waals surface area contributed by atoms with E-state index in [0.29, 0.717) is 0 Å². The highest BCUT2D eigenvalue weighted by molar-refractivity contribution is 5.97. The summed E-state index contributed by atoms with van der Waals surface area (Å²) in [5.41, 5.74) is -2.13. The van der Waals surface area contributed by atoms with Crippen molar-refractivity contribution >= 4 is 34.3 Å². The zero-order valence-corrected chi connectivity index (χ0v) is 23.0. The molecule has 1 amide bonds. The number of aliphatic hydroxyl groups is 2. The van der Waals surface area contributed by atoms with Gasteiger partial charge in [0.2, 0.25) is 5.43 Å². The molecule has 43 heavy (non-hydrogen) atoms. The van der Waals surface area contributed by atoms with Crippen molar-refractivity contribution < 1.29 is 47.9 Å². The maximum absolute atomic E-state index is 15.5. The number of hydrogen-bond acceptors (Lipinski definition) is 10. The van der Waals surface area contributed by atoms with Gasteiger partial charge in [-0.25, -0.2) is 18.4 Å². The van der Waals surface area contributed by atoms with E-state index < -0.39 is 46.4 Å². The monoisotopic (exact) mass is 602 g/mol. The van der Waals surface area contributed by atoms with E-state index in [1.807, 2.05) is 0 Å². The van der Waals surface area contributed by atoms with Gasteiger partial charge in [-0.3, -0.25) is 19.4 Å². The first-order chi connectivity index (χ1) is 20.5. The van der Waals surface area contributed by atoms with Crippen LogP contribution in [0.15, 0.2) is 35.3 Å². The number of cyclic esters (lactones) is 1. The Morgan fingerprint density at radius 3 is 2.56 bits per heavy atom. The van der Waals surface area contributed by atoms with E-state index >= 15 is 4.39 Å². The number of carboxylic acid groups (broad SMARTS) is 1. The molecule has 15 heteroatoms. The Labute approximate surface area is 242 Å². The third-order valence-corrected chi connectivity index (χ3v) is 7.96. The second kappa shape index (κ2) is 10.6. The first-order valence-corrected chi connectivity index (χ1v) is 13.5. The topological polar surface area (TPSA) is 154 Å². The van der Waals surface area contributed by atoms with Crippen LogP contribution in [0.4, 0.5) is 25.0 Å². The third-order valence-electron chi connectivity index (χ3n) is 7.96. The number of halogens is 2. The van der Waals surface area contributed by atoms with Gasteiger partial charge in [0, 0.05) is 32.4 Å². The Morgan fingerprint density at radius 1 is 1.16 bits per heavy atom. The van der Waals surface area contributed by atoms with Crippen LogP contribution < -0.4 is 29.7 Å². The van der Waals surface area contributed by atoms with Crippen LogP contribution >= 0.6 is 0 Å². The third kappa shape index (κ3) is 4.93. The van der Waals surface area contributed by atoms with Crippen LogP contribution in [0, 0.1) is 11.6 Å². The highest BCUT2D eigenvalue weighted by atomic mass is 19.1. The molecule has 3 aliphatic heterocycles. The number of nitrogens with zero attached hydrogens (tertiary/aromatic N) is 4. The van der Waals surface area contributed by atoms with Crippen LogP contribution in [0.2, 0.25) is 0 Å². The second-order valence-corrected chi connectivity index (χ2v) is 10.8. The number of amides is 1. The molecule has 0 aliphatic carbocycles. The summed E-state index contributed by atoms with van der Waals surface area (Å²) >= 11 is 0. The molecule has 1 atom stereocenters. The lowest BCUT2D eigenvalue weighted by Gasteiger charge is -2.40. The lowest BCUT2D eigenvalue weighted by molar-refractivity contribution is -0.0251. The molecule has 3 aromatic rings. The Bertz CT molecular complexity index is 1690. The molecule has 2 aromatic carbocycles. The van der Waals surface area contributed by atoms with E-state index in [4.69, 9.17) is 14.2 Å². The zero-order chi connectivity index (χ0) is 30.6. The van der Waals surface area contributed by atoms with E-state index in [1.165, 1.54) is 27.9 Å². The molecule has 0 spiro atoms. The van der Waals surface area contributed by atoms with Crippen molar-refractivity contribution in [3.05, 3.63) is 57.9 Å². The molecule has 2 saturated heterocycles. The molecule has 1 aromatic heterocycles. The van der Waals surface area contributed by atoms with Crippen LogP contribution in [-0.4, -0.2) is 90.4 Å². The van der Waals surface area contributed by atoms with Gasteiger partial charge in [0.25, 0.3) is 0 Å². The van der Waals surface area contributed by atoms with Crippen molar-refractivity contribution in [2.75, 3.05) is 61.4 Å². The van der Waals surface area contributed by atoms with Gasteiger partial charge in [-0.1, -0.05) is 0 Å². The summed E-state index contributed by atoms with van der Waals surface area (Å²) in [4.78, 5) is 39.3. The van der Waals surface area contributed by atoms with Gasteiger partial charge in [-0.2, -0.15) is 0 Å². The minimum absolute atomic E-state index is 0.0303. The lowest BCUT2D eigenvalue weighted by atomic mass is 9.91. The smallest absolute Gasteiger partial charge is 0.414 e. The van der Waals surface area contributed by atoms with Crippen molar-refractivity contribution in [1.29, 1.82) is 0 Å². The predicted molar refractivity (Wildman–Crippen MR) is 148 cm³/mol. The molecule has 228 valence electrons. The van der Waals surface area contributed by atoms with Crippen molar-refractivity contribution in [2.45, 2.75) is 24.5 Å². The van der Waals surface area contributed by atoms with Crippen LogP contribution in [0.5, 0.6) is 11.5 Å². The molecular formula is C28H28F2N4O9. The number of hydrogen-bond donors (Lipinski definition) is 3. The van der Waals surface area contributed by atoms with Gasteiger partial charge in [0.05, 0.1) is 24.2 Å². The molecule has 6 rings (SSSR count). The largest absolute Gasteiger partial charge is 0.488 e. The molecule has 4 heterocycles. The molecule has 3 aliphatic rings. The van der Waals surface area contributed by atoms with Crippen molar-refractivity contribution in [2.24, 2.45) is 0 Å². The summed E-state index contributed by atoms with van der Waals surface area (Å²) in [6.07, 6.45) is 0.0564. The fourth-order valence-electron chi connectivity index (χ4n) is 5.58. The van der Waals surface area contributed by atoms with E-state index in [0.717, 1.165) is 12.1 Å². The number of aliphatic hydroxyl groups excluding tert-OH is 1. The summed E-state index contributed by atoms with van der Waals surface area (Å²) in [5, 5.41) is 31.3. The van der Waals surface area contributed by atoms with Gasteiger partial charge in [-0.05, 0) is 31.0 Å². The average molecular weight is 603 g/mol. The fraction of sp³-hybridized carbons (Fsp3) is 0.393. The highest BCUT2D eigenvalue weighted by Crippen LogP contribution is 2.42. The summed E-state index contributed by atoms with van der Waals surface area (Å²) in [6.45, 7) is -0.199. The Balaban J connectivity index is 1.18. The number of carbonyl (C=O) groups excluding carboxylic acids is 1. The first kappa shape index (κ1) is 28.5. The van der Waals surface area contributed by atoms with E-state index in [-0.39, 0.29) is 86.2 Å². The van der Waals surface area contributed by atoms with E-state index in [1.54, 1.807) is 17.0 Å². The number of carbonyl (C=O) groups is 2. The number of aromatic nitrogens is 1. The summed E-state index contributed by atoms with van der Waals surface area (Å²) < 4.78 is 48.2. The summed E-state index contributed by atoms with van der Waals surface area (Å²) in [5.74, 6) is -2.99. The summed E-state index contributed by atoms with van der Waals surface area (Å²) in [7, 11) is 1.63. The number of benzene rings is 2. The van der Waals surface area contributed by atoms with Gasteiger partial charge < -0.3 is 34.4 Å². The molecule has 3 N–H and O–H groups in total. The molecular weight excluding hydrogens is 574 g/mol. The van der Waals surface area contributed by atoms with Crippen LogP contribution in [-0.2, 0) is 4.74 Å².